The van der Waals surface area contributed by atoms with Crippen LogP contribution in [0.4, 0.5) is 0 Å². The lowest BCUT2D eigenvalue weighted by molar-refractivity contribution is 0.0995. The standard InChI is InChI=1S/C21H21ClN2O4S/c1-3-26-9-8-24-19-13(2)15(22)5-7-18(19)29-21(24)23-20(25)14-4-6-16-17(12-14)28-11-10-27-16/h4-7,12H,3,8-11H2,1-2H3. The highest BCUT2D eigenvalue weighted by molar-refractivity contribution is 7.16. The van der Waals surface area contributed by atoms with E-state index in [0.717, 1.165) is 15.8 Å². The second-order valence-corrected chi connectivity index (χ2v) is 7.94. The zero-order valence-corrected chi connectivity index (χ0v) is 17.8. The number of hydrogen-bond donors (Lipinski definition) is 0. The highest BCUT2D eigenvalue weighted by Gasteiger charge is 2.16. The third kappa shape index (κ3) is 4.03. The summed E-state index contributed by atoms with van der Waals surface area (Å²) in [5.74, 6) is 0.884. The molecule has 2 heterocycles. The zero-order valence-electron chi connectivity index (χ0n) is 16.2. The van der Waals surface area contributed by atoms with Crippen molar-refractivity contribution in [2.24, 2.45) is 4.99 Å². The highest BCUT2D eigenvalue weighted by Crippen LogP contribution is 2.31. The molecule has 1 aliphatic rings. The molecule has 0 aliphatic carbocycles. The minimum absolute atomic E-state index is 0.331. The average Bonchev–Trinajstić information content (AvgIpc) is 3.08. The van der Waals surface area contributed by atoms with Gasteiger partial charge in [0, 0.05) is 23.7 Å². The number of rotatable bonds is 5. The zero-order chi connectivity index (χ0) is 20.4. The van der Waals surface area contributed by atoms with E-state index in [-0.39, 0.29) is 5.91 Å². The van der Waals surface area contributed by atoms with Gasteiger partial charge in [-0.3, -0.25) is 4.79 Å². The molecule has 2 aromatic carbocycles. The van der Waals surface area contributed by atoms with Crippen LogP contribution in [0.5, 0.6) is 11.5 Å². The van der Waals surface area contributed by atoms with E-state index in [4.69, 9.17) is 25.8 Å². The topological polar surface area (TPSA) is 62.1 Å². The molecule has 0 N–H and O–H groups in total. The van der Waals surface area contributed by atoms with Gasteiger partial charge in [0.2, 0.25) is 0 Å². The molecule has 1 amide bonds. The lowest BCUT2D eigenvalue weighted by atomic mass is 10.2. The van der Waals surface area contributed by atoms with Crippen molar-refractivity contribution in [3.63, 3.8) is 0 Å². The Labute approximate surface area is 177 Å². The predicted octanol–water partition coefficient (Wildman–Crippen LogP) is 4.21. The van der Waals surface area contributed by atoms with Gasteiger partial charge in [0.05, 0.1) is 16.8 Å². The number of thiazole rings is 1. The van der Waals surface area contributed by atoms with Gasteiger partial charge in [0.15, 0.2) is 16.3 Å². The Morgan fingerprint density at radius 1 is 1.24 bits per heavy atom. The van der Waals surface area contributed by atoms with Crippen LogP contribution < -0.4 is 14.3 Å². The molecule has 0 spiro atoms. The summed E-state index contributed by atoms with van der Waals surface area (Å²) in [7, 11) is 0. The molecule has 0 atom stereocenters. The minimum Gasteiger partial charge on any atom is -0.486 e. The van der Waals surface area contributed by atoms with Crippen LogP contribution >= 0.6 is 22.9 Å². The van der Waals surface area contributed by atoms with Crippen LogP contribution in [0.15, 0.2) is 35.3 Å². The number of halogens is 1. The number of fused-ring (bicyclic) bond motifs is 2. The van der Waals surface area contributed by atoms with Crippen molar-refractivity contribution in [1.82, 2.24) is 4.57 Å². The van der Waals surface area contributed by atoms with Gasteiger partial charge in [0.1, 0.15) is 13.2 Å². The quantitative estimate of drug-likeness (QED) is 0.566. The Balaban J connectivity index is 1.77. The number of benzene rings is 2. The van der Waals surface area contributed by atoms with Crippen molar-refractivity contribution >= 4 is 39.1 Å². The maximum absolute atomic E-state index is 12.9. The summed E-state index contributed by atoms with van der Waals surface area (Å²) in [6, 6.07) is 8.96. The summed E-state index contributed by atoms with van der Waals surface area (Å²) in [6.07, 6.45) is 0. The first-order valence-corrected chi connectivity index (χ1v) is 10.6. The summed E-state index contributed by atoms with van der Waals surface area (Å²) in [4.78, 5) is 17.9. The van der Waals surface area contributed by atoms with E-state index < -0.39 is 0 Å². The fourth-order valence-electron chi connectivity index (χ4n) is 3.24. The summed E-state index contributed by atoms with van der Waals surface area (Å²) in [6.45, 7) is 6.65. The molecule has 0 radical (unpaired) electrons. The molecule has 0 fully saturated rings. The van der Waals surface area contributed by atoms with E-state index in [1.54, 1.807) is 18.2 Å². The minimum atomic E-state index is -0.331. The first-order valence-electron chi connectivity index (χ1n) is 9.43. The van der Waals surface area contributed by atoms with Gasteiger partial charge < -0.3 is 18.8 Å². The molecule has 0 saturated heterocycles. The molecule has 152 valence electrons. The number of amides is 1. The molecule has 8 heteroatoms. The van der Waals surface area contributed by atoms with Gasteiger partial charge in [-0.1, -0.05) is 22.9 Å². The number of carbonyl (C=O) groups is 1. The smallest absolute Gasteiger partial charge is 0.279 e. The highest BCUT2D eigenvalue weighted by atomic mass is 35.5. The van der Waals surface area contributed by atoms with Gasteiger partial charge in [-0.05, 0) is 49.7 Å². The maximum Gasteiger partial charge on any atom is 0.279 e. The maximum atomic E-state index is 12.9. The molecule has 3 aromatic rings. The first kappa shape index (κ1) is 19.9. The SMILES string of the molecule is CCOCCn1c(=NC(=O)c2ccc3c(c2)OCCO3)sc2ccc(Cl)c(C)c21. The van der Waals surface area contributed by atoms with Gasteiger partial charge >= 0.3 is 0 Å². The number of carbonyl (C=O) groups excluding carboxylic acids is 1. The predicted molar refractivity (Wildman–Crippen MR) is 113 cm³/mol. The molecule has 0 bridgehead atoms. The Kier molecular flexibility index (Phi) is 5.89. The number of aromatic nitrogens is 1. The Morgan fingerprint density at radius 3 is 2.83 bits per heavy atom. The Bertz CT molecular complexity index is 1140. The summed E-state index contributed by atoms with van der Waals surface area (Å²) in [5, 5.41) is 0.685. The monoisotopic (exact) mass is 432 g/mol. The van der Waals surface area contributed by atoms with E-state index in [1.807, 2.05) is 30.5 Å². The van der Waals surface area contributed by atoms with Gasteiger partial charge in [-0.25, -0.2) is 0 Å². The van der Waals surface area contributed by atoms with Crippen LogP contribution in [-0.2, 0) is 11.3 Å². The normalized spacial score (nSPS) is 13.8. The van der Waals surface area contributed by atoms with Crippen LogP contribution in [0.3, 0.4) is 0 Å². The lowest BCUT2D eigenvalue weighted by Gasteiger charge is -2.18. The molecule has 6 nitrogen and oxygen atoms in total. The van der Waals surface area contributed by atoms with Crippen molar-refractivity contribution in [3.05, 3.63) is 51.3 Å². The third-order valence-corrected chi connectivity index (χ3v) is 6.13. The third-order valence-electron chi connectivity index (χ3n) is 4.68. The van der Waals surface area contributed by atoms with Gasteiger partial charge in [-0.15, -0.1) is 0 Å². The molecular formula is C21H21ClN2O4S. The largest absolute Gasteiger partial charge is 0.486 e. The Hall–Kier alpha value is -2.35. The van der Waals surface area contributed by atoms with Crippen LogP contribution in [-0.4, -0.2) is 36.9 Å². The molecular weight excluding hydrogens is 412 g/mol. The van der Waals surface area contributed by atoms with E-state index in [0.29, 0.717) is 59.9 Å². The summed E-state index contributed by atoms with van der Waals surface area (Å²) in [5.41, 5.74) is 2.40. The number of nitrogens with zero attached hydrogens (tertiary/aromatic N) is 2. The van der Waals surface area contributed by atoms with Crippen LogP contribution in [0.2, 0.25) is 5.02 Å². The number of aryl methyl sites for hydroxylation is 1. The fourth-order valence-corrected chi connectivity index (χ4v) is 4.50. The molecule has 1 aromatic heterocycles. The van der Waals surface area contributed by atoms with E-state index in [9.17, 15) is 4.79 Å². The average molecular weight is 433 g/mol. The van der Waals surface area contributed by atoms with Crippen molar-refractivity contribution in [1.29, 1.82) is 0 Å². The summed E-state index contributed by atoms with van der Waals surface area (Å²) >= 11 is 7.80. The molecule has 4 rings (SSSR count). The van der Waals surface area contributed by atoms with Crippen molar-refractivity contribution in [2.45, 2.75) is 20.4 Å². The van der Waals surface area contributed by atoms with Crippen molar-refractivity contribution < 1.29 is 19.0 Å². The van der Waals surface area contributed by atoms with Gasteiger partial charge in [0.25, 0.3) is 5.91 Å². The van der Waals surface area contributed by atoms with Crippen molar-refractivity contribution in [2.75, 3.05) is 26.4 Å². The number of hydrogen-bond acceptors (Lipinski definition) is 5. The molecule has 1 aliphatic heterocycles. The van der Waals surface area contributed by atoms with Crippen LogP contribution in [0.1, 0.15) is 22.8 Å². The fraction of sp³-hybridized carbons (Fsp3) is 0.333. The van der Waals surface area contributed by atoms with Crippen LogP contribution in [0, 0.1) is 6.92 Å². The Morgan fingerprint density at radius 2 is 2.03 bits per heavy atom. The van der Waals surface area contributed by atoms with E-state index >= 15 is 0 Å². The lowest BCUT2D eigenvalue weighted by Crippen LogP contribution is -2.20. The summed E-state index contributed by atoms with van der Waals surface area (Å²) < 4.78 is 19.7. The van der Waals surface area contributed by atoms with E-state index in [2.05, 4.69) is 4.99 Å². The second kappa shape index (κ2) is 8.57. The van der Waals surface area contributed by atoms with Crippen molar-refractivity contribution in [3.8, 4) is 11.5 Å². The first-order chi connectivity index (χ1) is 14.1. The molecule has 0 unspecified atom stereocenters. The molecule has 29 heavy (non-hydrogen) atoms. The second-order valence-electron chi connectivity index (χ2n) is 6.53. The number of ether oxygens (including phenoxy) is 3. The van der Waals surface area contributed by atoms with Gasteiger partial charge in [-0.2, -0.15) is 4.99 Å². The molecule has 0 saturated carbocycles. The van der Waals surface area contributed by atoms with Crippen LogP contribution in [0.25, 0.3) is 10.2 Å². The van der Waals surface area contributed by atoms with E-state index in [1.165, 1.54) is 11.3 Å².